The molecule has 5 heteroatoms. The van der Waals surface area contributed by atoms with Crippen molar-refractivity contribution in [3.8, 4) is 0 Å². The van der Waals surface area contributed by atoms with Crippen LogP contribution in [0.25, 0.3) is 0 Å². The van der Waals surface area contributed by atoms with Gasteiger partial charge in [0.1, 0.15) is 0 Å². The van der Waals surface area contributed by atoms with Crippen LogP contribution >= 0.6 is 11.8 Å². The summed E-state index contributed by atoms with van der Waals surface area (Å²) in [5.74, 6) is 0. The monoisotopic (exact) mass is 391 g/mol. The van der Waals surface area contributed by atoms with Crippen molar-refractivity contribution in [1.82, 2.24) is 4.72 Å². The van der Waals surface area contributed by atoms with E-state index < -0.39 is 10.0 Å². The zero-order valence-electron chi connectivity index (χ0n) is 15.6. The zero-order chi connectivity index (χ0) is 18.8. The standard InChI is InChI=1S/C21H29NO2S2/c1-3-4-9-19(25-20-10-6-5-7-11-20)12-8-17-22-26(23,24)21-15-13-18(2)14-16-21/h5-7,10-11,13-16,19,22H,3-4,8-9,12,17H2,1-2H3. The van der Waals surface area contributed by atoms with Crippen LogP contribution in [0.15, 0.2) is 64.4 Å². The summed E-state index contributed by atoms with van der Waals surface area (Å²) in [5, 5.41) is 0.529. The topological polar surface area (TPSA) is 46.2 Å². The molecule has 0 aliphatic rings. The van der Waals surface area contributed by atoms with E-state index in [9.17, 15) is 8.42 Å². The number of thioether (sulfide) groups is 1. The molecule has 0 saturated heterocycles. The van der Waals surface area contributed by atoms with Crippen LogP contribution in [0.1, 0.15) is 44.6 Å². The van der Waals surface area contributed by atoms with Crippen LogP contribution in [0.5, 0.6) is 0 Å². The molecule has 142 valence electrons. The van der Waals surface area contributed by atoms with Gasteiger partial charge in [-0.05, 0) is 50.5 Å². The van der Waals surface area contributed by atoms with Gasteiger partial charge in [-0.3, -0.25) is 0 Å². The Morgan fingerprint density at radius 2 is 1.62 bits per heavy atom. The van der Waals surface area contributed by atoms with Gasteiger partial charge in [0, 0.05) is 16.7 Å². The zero-order valence-corrected chi connectivity index (χ0v) is 17.3. The van der Waals surface area contributed by atoms with E-state index in [0.29, 0.717) is 16.7 Å². The number of unbranched alkanes of at least 4 members (excludes halogenated alkanes) is 1. The summed E-state index contributed by atoms with van der Waals surface area (Å²) in [4.78, 5) is 1.62. The summed E-state index contributed by atoms with van der Waals surface area (Å²) in [6, 6.07) is 17.4. The second-order valence-corrected chi connectivity index (χ2v) is 9.69. The molecule has 0 fully saturated rings. The van der Waals surface area contributed by atoms with Crippen molar-refractivity contribution in [3.05, 3.63) is 60.2 Å². The highest BCUT2D eigenvalue weighted by Crippen LogP contribution is 2.29. The number of rotatable bonds is 11. The maximum Gasteiger partial charge on any atom is 0.240 e. The molecule has 0 saturated carbocycles. The molecular formula is C21H29NO2S2. The first-order valence-corrected chi connectivity index (χ1v) is 11.7. The second kappa shape index (κ2) is 10.8. The number of aryl methyl sites for hydroxylation is 1. The van der Waals surface area contributed by atoms with E-state index in [1.165, 1.54) is 24.2 Å². The fourth-order valence-electron chi connectivity index (χ4n) is 2.72. The molecule has 0 radical (unpaired) electrons. The van der Waals surface area contributed by atoms with E-state index in [-0.39, 0.29) is 0 Å². The minimum atomic E-state index is -3.41. The summed E-state index contributed by atoms with van der Waals surface area (Å²) >= 11 is 1.91. The van der Waals surface area contributed by atoms with Crippen molar-refractivity contribution in [3.63, 3.8) is 0 Å². The van der Waals surface area contributed by atoms with Crippen molar-refractivity contribution >= 4 is 21.8 Å². The van der Waals surface area contributed by atoms with Crippen LogP contribution in [-0.4, -0.2) is 20.2 Å². The van der Waals surface area contributed by atoms with Crippen LogP contribution < -0.4 is 4.72 Å². The van der Waals surface area contributed by atoms with E-state index in [4.69, 9.17) is 0 Å². The highest BCUT2D eigenvalue weighted by atomic mass is 32.2. The van der Waals surface area contributed by atoms with Crippen molar-refractivity contribution in [2.45, 2.75) is 61.0 Å². The van der Waals surface area contributed by atoms with E-state index in [1.807, 2.05) is 36.9 Å². The molecule has 1 atom stereocenters. The van der Waals surface area contributed by atoms with Crippen LogP contribution in [0.4, 0.5) is 0 Å². The van der Waals surface area contributed by atoms with E-state index in [1.54, 1.807) is 12.1 Å². The summed E-state index contributed by atoms with van der Waals surface area (Å²) in [5.41, 5.74) is 1.06. The third kappa shape index (κ3) is 7.14. The molecular weight excluding hydrogens is 362 g/mol. The lowest BCUT2D eigenvalue weighted by Gasteiger charge is -2.16. The first-order chi connectivity index (χ1) is 12.5. The SMILES string of the molecule is CCCCC(CCCNS(=O)(=O)c1ccc(C)cc1)Sc1ccccc1. The van der Waals surface area contributed by atoms with Gasteiger partial charge in [0.25, 0.3) is 0 Å². The summed E-state index contributed by atoms with van der Waals surface area (Å²) < 4.78 is 27.4. The molecule has 0 aromatic heterocycles. The van der Waals surface area contributed by atoms with Gasteiger partial charge in [0.05, 0.1) is 4.90 Å². The Hall–Kier alpha value is -1.30. The Balaban J connectivity index is 1.83. The fourth-order valence-corrected chi connectivity index (χ4v) is 5.06. The number of sulfonamides is 1. The molecule has 0 aliphatic carbocycles. The van der Waals surface area contributed by atoms with Gasteiger partial charge >= 0.3 is 0 Å². The molecule has 2 rings (SSSR count). The third-order valence-electron chi connectivity index (χ3n) is 4.25. The molecule has 3 nitrogen and oxygen atoms in total. The number of nitrogens with one attached hydrogen (secondary N) is 1. The molecule has 0 bridgehead atoms. The minimum absolute atomic E-state index is 0.337. The van der Waals surface area contributed by atoms with Crippen molar-refractivity contribution in [2.75, 3.05) is 6.54 Å². The van der Waals surface area contributed by atoms with E-state index >= 15 is 0 Å². The Morgan fingerprint density at radius 1 is 0.962 bits per heavy atom. The largest absolute Gasteiger partial charge is 0.240 e. The van der Waals surface area contributed by atoms with Gasteiger partial charge in [-0.15, -0.1) is 11.8 Å². The second-order valence-electron chi connectivity index (χ2n) is 6.55. The van der Waals surface area contributed by atoms with Gasteiger partial charge in [-0.25, -0.2) is 13.1 Å². The predicted molar refractivity (Wildman–Crippen MR) is 111 cm³/mol. The van der Waals surface area contributed by atoms with Gasteiger partial charge in [-0.1, -0.05) is 55.7 Å². The normalized spacial score (nSPS) is 12.8. The average molecular weight is 392 g/mol. The maximum atomic E-state index is 12.3. The van der Waals surface area contributed by atoms with Gasteiger partial charge in [0.15, 0.2) is 0 Å². The molecule has 0 spiro atoms. The highest BCUT2D eigenvalue weighted by Gasteiger charge is 2.14. The molecule has 0 amide bonds. The molecule has 0 heterocycles. The summed E-state index contributed by atoms with van der Waals surface area (Å²) in [6.07, 6.45) is 5.42. The van der Waals surface area contributed by atoms with Gasteiger partial charge in [0.2, 0.25) is 10.0 Å². The highest BCUT2D eigenvalue weighted by molar-refractivity contribution is 8.00. The van der Waals surface area contributed by atoms with Crippen LogP contribution in [-0.2, 0) is 10.0 Å². The maximum absolute atomic E-state index is 12.3. The average Bonchev–Trinajstić information content (AvgIpc) is 2.64. The van der Waals surface area contributed by atoms with Crippen molar-refractivity contribution in [1.29, 1.82) is 0 Å². The molecule has 26 heavy (non-hydrogen) atoms. The first kappa shape index (κ1) is 21.0. The van der Waals surface area contributed by atoms with E-state index in [2.05, 4.69) is 35.9 Å². The molecule has 2 aromatic rings. The Bertz CT molecular complexity index is 743. The van der Waals surface area contributed by atoms with Gasteiger partial charge in [-0.2, -0.15) is 0 Å². The lowest BCUT2D eigenvalue weighted by molar-refractivity contribution is 0.570. The quantitative estimate of drug-likeness (QED) is 0.412. The lowest BCUT2D eigenvalue weighted by Crippen LogP contribution is -2.25. The Kier molecular flexibility index (Phi) is 8.69. The third-order valence-corrected chi connectivity index (χ3v) is 7.08. The lowest BCUT2D eigenvalue weighted by atomic mass is 10.1. The molecule has 2 aromatic carbocycles. The fraction of sp³-hybridized carbons (Fsp3) is 0.429. The Labute approximate surface area is 162 Å². The summed E-state index contributed by atoms with van der Waals surface area (Å²) in [6.45, 7) is 4.64. The first-order valence-electron chi connectivity index (χ1n) is 9.29. The predicted octanol–water partition coefficient (Wildman–Crippen LogP) is 5.40. The molecule has 0 aliphatic heterocycles. The molecule has 1 unspecified atom stereocenters. The van der Waals surface area contributed by atoms with Crippen LogP contribution in [0.3, 0.4) is 0 Å². The summed E-state index contributed by atoms with van der Waals surface area (Å²) in [7, 11) is -3.41. The number of benzene rings is 2. The van der Waals surface area contributed by atoms with Crippen molar-refractivity contribution < 1.29 is 8.42 Å². The van der Waals surface area contributed by atoms with Crippen LogP contribution in [0.2, 0.25) is 0 Å². The van der Waals surface area contributed by atoms with Gasteiger partial charge < -0.3 is 0 Å². The smallest absolute Gasteiger partial charge is 0.211 e. The number of hydrogen-bond donors (Lipinski definition) is 1. The van der Waals surface area contributed by atoms with Crippen molar-refractivity contribution in [2.24, 2.45) is 0 Å². The van der Waals surface area contributed by atoms with E-state index in [0.717, 1.165) is 18.4 Å². The minimum Gasteiger partial charge on any atom is -0.211 e. The van der Waals surface area contributed by atoms with Crippen LogP contribution in [0, 0.1) is 6.92 Å². The molecule has 1 N–H and O–H groups in total. The Morgan fingerprint density at radius 3 is 2.27 bits per heavy atom. The number of hydrogen-bond acceptors (Lipinski definition) is 3.